The van der Waals surface area contributed by atoms with Crippen molar-refractivity contribution >= 4 is 11.3 Å². The van der Waals surface area contributed by atoms with Crippen molar-refractivity contribution in [2.24, 2.45) is 0 Å². The maximum absolute atomic E-state index is 5.27. The van der Waals surface area contributed by atoms with E-state index in [4.69, 9.17) is 6.42 Å². The Labute approximate surface area is 82.4 Å². The van der Waals surface area contributed by atoms with E-state index in [0.29, 0.717) is 6.04 Å². The summed E-state index contributed by atoms with van der Waals surface area (Å²) in [4.78, 5) is 4.37. The maximum Gasteiger partial charge on any atom is 0.124 e. The summed E-state index contributed by atoms with van der Waals surface area (Å²) in [5, 5.41) is 6.55. The molecule has 1 unspecified atom stereocenters. The molecule has 3 heteroatoms. The molecule has 1 aliphatic rings. The molecule has 1 aromatic rings. The number of terminal acetylenes is 1. The molecule has 2 rings (SSSR count). The number of rotatable bonds is 1. The molecule has 13 heavy (non-hydrogen) atoms. The summed E-state index contributed by atoms with van der Waals surface area (Å²) in [6.45, 7) is 1.11. The van der Waals surface area contributed by atoms with Crippen LogP contribution < -0.4 is 5.32 Å². The first-order chi connectivity index (χ1) is 6.40. The molecule has 2 heterocycles. The lowest BCUT2D eigenvalue weighted by molar-refractivity contribution is 0.411. The predicted molar refractivity (Wildman–Crippen MR) is 54.6 cm³/mol. The summed E-state index contributed by atoms with van der Waals surface area (Å²) < 4.78 is 0. The van der Waals surface area contributed by atoms with Gasteiger partial charge in [-0.3, -0.25) is 0 Å². The smallest absolute Gasteiger partial charge is 0.124 e. The van der Waals surface area contributed by atoms with Crippen molar-refractivity contribution in [3.05, 3.63) is 16.1 Å². The van der Waals surface area contributed by atoms with Crippen LogP contribution >= 0.6 is 11.3 Å². The number of nitrogens with one attached hydrogen (secondary N) is 1. The molecular weight excluding hydrogens is 180 g/mol. The van der Waals surface area contributed by atoms with Crippen LogP contribution in [0.15, 0.2) is 5.38 Å². The highest BCUT2D eigenvalue weighted by molar-refractivity contribution is 7.09. The van der Waals surface area contributed by atoms with Gasteiger partial charge in [0.25, 0.3) is 0 Å². The van der Waals surface area contributed by atoms with Gasteiger partial charge >= 0.3 is 0 Å². The number of nitrogens with zero attached hydrogens (tertiary/aromatic N) is 1. The zero-order chi connectivity index (χ0) is 9.10. The van der Waals surface area contributed by atoms with Gasteiger partial charge in [0.15, 0.2) is 0 Å². The third-order valence-electron chi connectivity index (χ3n) is 2.28. The summed E-state index contributed by atoms with van der Waals surface area (Å²) in [7, 11) is 0. The van der Waals surface area contributed by atoms with Crippen LogP contribution in [0, 0.1) is 12.3 Å². The van der Waals surface area contributed by atoms with Crippen molar-refractivity contribution in [2.45, 2.75) is 25.3 Å². The second kappa shape index (κ2) is 3.91. The third-order valence-corrected chi connectivity index (χ3v) is 3.24. The monoisotopic (exact) mass is 192 g/mol. The first-order valence-electron chi connectivity index (χ1n) is 4.55. The lowest BCUT2D eigenvalue weighted by Crippen LogP contribution is -2.26. The van der Waals surface area contributed by atoms with E-state index in [1.807, 2.05) is 5.38 Å². The van der Waals surface area contributed by atoms with Crippen LogP contribution in [0.1, 0.15) is 36.0 Å². The van der Waals surface area contributed by atoms with E-state index < -0.39 is 0 Å². The van der Waals surface area contributed by atoms with Gasteiger partial charge in [-0.1, -0.05) is 6.42 Å². The first kappa shape index (κ1) is 8.74. The predicted octanol–water partition coefficient (Wildman–Crippen LogP) is 1.94. The van der Waals surface area contributed by atoms with Gasteiger partial charge in [0.05, 0.1) is 6.04 Å². The topological polar surface area (TPSA) is 24.9 Å². The standard InChI is InChI=1S/C10H12N2S/c1-2-8-7-13-10(12-8)9-5-3-4-6-11-9/h1,7,9,11H,3-6H2. The Morgan fingerprint density at radius 3 is 3.15 bits per heavy atom. The summed E-state index contributed by atoms with van der Waals surface area (Å²) in [6.07, 6.45) is 9.03. The van der Waals surface area contributed by atoms with Crippen molar-refractivity contribution < 1.29 is 0 Å². The largest absolute Gasteiger partial charge is 0.308 e. The van der Waals surface area contributed by atoms with Crippen LogP contribution in [-0.4, -0.2) is 11.5 Å². The van der Waals surface area contributed by atoms with Gasteiger partial charge in [0, 0.05) is 5.38 Å². The second-order valence-electron chi connectivity index (χ2n) is 3.22. The lowest BCUT2D eigenvalue weighted by atomic mass is 10.1. The van der Waals surface area contributed by atoms with E-state index in [1.165, 1.54) is 19.3 Å². The van der Waals surface area contributed by atoms with Gasteiger partial charge in [0.2, 0.25) is 0 Å². The van der Waals surface area contributed by atoms with Crippen molar-refractivity contribution in [3.8, 4) is 12.3 Å². The number of piperidine rings is 1. The molecule has 1 fully saturated rings. The zero-order valence-corrected chi connectivity index (χ0v) is 8.23. The average molecular weight is 192 g/mol. The Hall–Kier alpha value is -0.850. The minimum atomic E-state index is 0.445. The highest BCUT2D eigenvalue weighted by Crippen LogP contribution is 2.25. The SMILES string of the molecule is C#Cc1csc(C2CCCCN2)n1. The molecular formula is C10H12N2S. The maximum atomic E-state index is 5.27. The number of hydrogen-bond donors (Lipinski definition) is 1. The third kappa shape index (κ3) is 1.90. The fourth-order valence-electron chi connectivity index (χ4n) is 1.58. The van der Waals surface area contributed by atoms with Crippen molar-refractivity contribution in [3.63, 3.8) is 0 Å². The van der Waals surface area contributed by atoms with Crippen molar-refractivity contribution in [1.82, 2.24) is 10.3 Å². The number of aromatic nitrogens is 1. The van der Waals surface area contributed by atoms with Gasteiger partial charge in [0.1, 0.15) is 10.7 Å². The highest BCUT2D eigenvalue weighted by Gasteiger charge is 2.17. The van der Waals surface area contributed by atoms with Crippen molar-refractivity contribution in [2.75, 3.05) is 6.54 Å². The minimum Gasteiger partial charge on any atom is -0.308 e. The fraction of sp³-hybridized carbons (Fsp3) is 0.500. The van der Waals surface area contributed by atoms with Gasteiger partial charge in [-0.25, -0.2) is 4.98 Å². The fourth-order valence-corrected chi connectivity index (χ4v) is 2.45. The van der Waals surface area contributed by atoms with Crippen LogP contribution in [0.25, 0.3) is 0 Å². The quantitative estimate of drug-likeness (QED) is 0.688. The van der Waals surface area contributed by atoms with Gasteiger partial charge < -0.3 is 5.32 Å². The summed E-state index contributed by atoms with van der Waals surface area (Å²) in [5.41, 5.74) is 0.771. The van der Waals surface area contributed by atoms with Crippen LogP contribution in [0.3, 0.4) is 0 Å². The molecule has 0 bridgehead atoms. The second-order valence-corrected chi connectivity index (χ2v) is 4.11. The normalized spacial score (nSPS) is 22.5. The molecule has 0 saturated carbocycles. The van der Waals surface area contributed by atoms with E-state index >= 15 is 0 Å². The van der Waals surface area contributed by atoms with Gasteiger partial charge in [-0.15, -0.1) is 17.8 Å². The average Bonchev–Trinajstić information content (AvgIpc) is 2.67. The Bertz CT molecular complexity index is 318. The lowest BCUT2D eigenvalue weighted by Gasteiger charge is -2.20. The zero-order valence-electron chi connectivity index (χ0n) is 7.42. The Morgan fingerprint density at radius 1 is 1.62 bits per heavy atom. The Morgan fingerprint density at radius 2 is 2.54 bits per heavy atom. The summed E-state index contributed by atoms with van der Waals surface area (Å²) in [6, 6.07) is 0.445. The van der Waals surface area contributed by atoms with E-state index in [-0.39, 0.29) is 0 Å². The highest BCUT2D eigenvalue weighted by atomic mass is 32.1. The van der Waals surface area contributed by atoms with Crippen LogP contribution in [0.2, 0.25) is 0 Å². The Balaban J connectivity index is 2.11. The van der Waals surface area contributed by atoms with Crippen molar-refractivity contribution in [1.29, 1.82) is 0 Å². The van der Waals surface area contributed by atoms with E-state index in [0.717, 1.165) is 17.2 Å². The van der Waals surface area contributed by atoms with Crippen LogP contribution in [0.4, 0.5) is 0 Å². The molecule has 2 nitrogen and oxygen atoms in total. The summed E-state index contributed by atoms with van der Waals surface area (Å²) >= 11 is 1.66. The van der Waals surface area contributed by atoms with Gasteiger partial charge in [-0.2, -0.15) is 0 Å². The molecule has 0 spiro atoms. The molecule has 1 N–H and O–H groups in total. The van der Waals surface area contributed by atoms with E-state index in [2.05, 4.69) is 16.2 Å². The molecule has 0 radical (unpaired) electrons. The van der Waals surface area contributed by atoms with E-state index in [1.54, 1.807) is 11.3 Å². The molecule has 0 amide bonds. The van der Waals surface area contributed by atoms with Crippen LogP contribution in [-0.2, 0) is 0 Å². The number of hydrogen-bond acceptors (Lipinski definition) is 3. The minimum absolute atomic E-state index is 0.445. The number of thiazole rings is 1. The molecule has 1 atom stereocenters. The Kier molecular flexibility index (Phi) is 2.62. The molecule has 68 valence electrons. The molecule has 1 aliphatic heterocycles. The molecule has 0 aliphatic carbocycles. The summed E-state index contributed by atoms with van der Waals surface area (Å²) in [5.74, 6) is 2.56. The first-order valence-corrected chi connectivity index (χ1v) is 5.43. The van der Waals surface area contributed by atoms with Crippen LogP contribution in [0.5, 0.6) is 0 Å². The van der Waals surface area contributed by atoms with Gasteiger partial charge in [-0.05, 0) is 25.3 Å². The molecule has 1 aromatic heterocycles. The molecule has 0 aromatic carbocycles. The molecule has 1 saturated heterocycles. The van der Waals surface area contributed by atoms with E-state index in [9.17, 15) is 0 Å².